The van der Waals surface area contributed by atoms with E-state index in [2.05, 4.69) is 30.1 Å². The van der Waals surface area contributed by atoms with E-state index in [1.165, 1.54) is 15.3 Å². The van der Waals surface area contributed by atoms with Gasteiger partial charge in [0.15, 0.2) is 0 Å². The van der Waals surface area contributed by atoms with Crippen molar-refractivity contribution in [1.82, 2.24) is 10.2 Å². The van der Waals surface area contributed by atoms with Gasteiger partial charge in [0.2, 0.25) is 0 Å². The van der Waals surface area contributed by atoms with Crippen LogP contribution in [0, 0.1) is 6.92 Å². The van der Waals surface area contributed by atoms with Crippen LogP contribution in [0.3, 0.4) is 0 Å². The molecule has 4 heteroatoms. The number of nitrogens with one attached hydrogen (secondary N) is 1. The first-order chi connectivity index (χ1) is 8.21. The van der Waals surface area contributed by atoms with E-state index in [1.807, 2.05) is 18.4 Å². The fourth-order valence-corrected chi connectivity index (χ4v) is 2.88. The molecule has 0 radical (unpaired) electrons. The number of hydrogen-bond acceptors (Lipinski definition) is 4. The second-order valence-electron chi connectivity index (χ2n) is 4.19. The number of thiophene rings is 1. The Balaban J connectivity index is 2.58. The van der Waals surface area contributed by atoms with Crippen LogP contribution >= 0.6 is 11.3 Å². The van der Waals surface area contributed by atoms with Gasteiger partial charge in [-0.2, -0.15) is 0 Å². The first-order valence-electron chi connectivity index (χ1n) is 6.15. The van der Waals surface area contributed by atoms with Gasteiger partial charge >= 0.3 is 0 Å². The van der Waals surface area contributed by atoms with Crippen LogP contribution in [0.25, 0.3) is 0 Å². The zero-order valence-corrected chi connectivity index (χ0v) is 12.2. The quantitative estimate of drug-likeness (QED) is 0.772. The Morgan fingerprint density at radius 1 is 1.47 bits per heavy atom. The molecular formula is C13H24N2OS. The van der Waals surface area contributed by atoms with Crippen molar-refractivity contribution in [1.29, 1.82) is 0 Å². The molecule has 98 valence electrons. The largest absolute Gasteiger partial charge is 0.383 e. The van der Waals surface area contributed by atoms with Crippen molar-refractivity contribution in [2.75, 3.05) is 33.9 Å². The highest BCUT2D eigenvalue weighted by atomic mass is 32.1. The van der Waals surface area contributed by atoms with Crippen molar-refractivity contribution >= 4 is 11.3 Å². The zero-order chi connectivity index (χ0) is 12.7. The van der Waals surface area contributed by atoms with Gasteiger partial charge in [0.05, 0.1) is 6.61 Å². The summed E-state index contributed by atoms with van der Waals surface area (Å²) < 4.78 is 5.14. The molecule has 17 heavy (non-hydrogen) atoms. The molecule has 0 saturated heterocycles. The predicted molar refractivity (Wildman–Crippen MR) is 74.6 cm³/mol. The second kappa shape index (κ2) is 7.82. The lowest BCUT2D eigenvalue weighted by atomic mass is 10.2. The highest BCUT2D eigenvalue weighted by Crippen LogP contribution is 2.22. The number of rotatable bonds is 8. The Morgan fingerprint density at radius 3 is 2.82 bits per heavy atom. The molecule has 0 fully saturated rings. The molecule has 3 nitrogen and oxygen atoms in total. The summed E-state index contributed by atoms with van der Waals surface area (Å²) in [7, 11) is 3.75. The molecule has 1 N–H and O–H groups in total. The molecule has 0 atom stereocenters. The lowest BCUT2D eigenvalue weighted by Crippen LogP contribution is -2.26. The molecule has 0 saturated carbocycles. The number of aryl methyl sites for hydroxylation is 1. The summed E-state index contributed by atoms with van der Waals surface area (Å²) in [6.07, 6.45) is 0. The molecular weight excluding hydrogens is 232 g/mol. The number of hydrogen-bond donors (Lipinski definition) is 1. The maximum Gasteiger partial charge on any atom is 0.0589 e. The summed E-state index contributed by atoms with van der Waals surface area (Å²) in [5.74, 6) is 0. The Kier molecular flexibility index (Phi) is 6.73. The molecule has 0 aliphatic carbocycles. The van der Waals surface area contributed by atoms with Gasteiger partial charge < -0.3 is 10.1 Å². The van der Waals surface area contributed by atoms with Crippen molar-refractivity contribution in [2.24, 2.45) is 0 Å². The molecule has 1 aromatic rings. The standard InChI is InChI=1S/C13H24N2OS/c1-5-15(6-7-16-4)10-12-8-13(9-14-3)17-11(12)2/h8,14H,5-7,9-10H2,1-4H3. The first-order valence-corrected chi connectivity index (χ1v) is 6.97. The Labute approximate surface area is 109 Å². The average molecular weight is 256 g/mol. The van der Waals surface area contributed by atoms with E-state index in [0.717, 1.165) is 32.8 Å². The van der Waals surface area contributed by atoms with Gasteiger partial charge in [0.25, 0.3) is 0 Å². The third-order valence-corrected chi connectivity index (χ3v) is 3.97. The minimum atomic E-state index is 0.806. The molecule has 0 unspecified atom stereocenters. The summed E-state index contributed by atoms with van der Waals surface area (Å²) in [5.41, 5.74) is 1.46. The monoisotopic (exact) mass is 256 g/mol. The molecule has 0 aliphatic rings. The van der Waals surface area contributed by atoms with Crippen molar-refractivity contribution in [3.8, 4) is 0 Å². The van der Waals surface area contributed by atoms with E-state index in [1.54, 1.807) is 7.11 Å². The SMILES string of the molecule is CCN(CCOC)Cc1cc(CNC)sc1C. The Bertz CT molecular complexity index is 325. The molecule has 0 amide bonds. The van der Waals surface area contributed by atoms with Crippen molar-refractivity contribution in [3.63, 3.8) is 0 Å². The van der Waals surface area contributed by atoms with Crippen LogP contribution in [0.4, 0.5) is 0 Å². The highest BCUT2D eigenvalue weighted by molar-refractivity contribution is 7.12. The first kappa shape index (κ1) is 14.6. The van der Waals surface area contributed by atoms with Crippen LogP contribution < -0.4 is 5.32 Å². The minimum absolute atomic E-state index is 0.806. The van der Waals surface area contributed by atoms with Gasteiger partial charge in [0.1, 0.15) is 0 Å². The van der Waals surface area contributed by atoms with E-state index >= 15 is 0 Å². The molecule has 1 rings (SSSR count). The van der Waals surface area contributed by atoms with Gasteiger partial charge in [-0.15, -0.1) is 11.3 Å². The number of likely N-dealkylation sites (N-methyl/N-ethyl adjacent to an activating group) is 1. The lowest BCUT2D eigenvalue weighted by molar-refractivity contribution is 0.147. The number of methoxy groups -OCH3 is 1. The summed E-state index contributed by atoms with van der Waals surface area (Å²) in [6.45, 7) is 9.29. The topological polar surface area (TPSA) is 24.5 Å². The lowest BCUT2D eigenvalue weighted by Gasteiger charge is -2.19. The zero-order valence-electron chi connectivity index (χ0n) is 11.4. The van der Waals surface area contributed by atoms with Crippen LogP contribution in [0.2, 0.25) is 0 Å². The summed E-state index contributed by atoms with van der Waals surface area (Å²) >= 11 is 1.89. The maximum atomic E-state index is 5.14. The number of nitrogens with zero attached hydrogens (tertiary/aromatic N) is 1. The van der Waals surface area contributed by atoms with E-state index < -0.39 is 0 Å². The van der Waals surface area contributed by atoms with Crippen LogP contribution in [0.1, 0.15) is 22.2 Å². The van der Waals surface area contributed by atoms with Gasteiger partial charge in [-0.3, -0.25) is 4.90 Å². The van der Waals surface area contributed by atoms with Crippen molar-refractivity contribution in [3.05, 3.63) is 21.4 Å². The Hall–Kier alpha value is -0.420. The minimum Gasteiger partial charge on any atom is -0.383 e. The van der Waals surface area contributed by atoms with Crippen molar-refractivity contribution < 1.29 is 4.74 Å². The third kappa shape index (κ3) is 4.76. The smallest absolute Gasteiger partial charge is 0.0589 e. The maximum absolute atomic E-state index is 5.14. The van der Waals surface area contributed by atoms with Gasteiger partial charge in [-0.1, -0.05) is 6.92 Å². The molecule has 0 aromatic carbocycles. The normalized spacial score (nSPS) is 11.4. The summed E-state index contributed by atoms with van der Waals surface area (Å²) in [5, 5.41) is 3.20. The molecule has 0 aliphatic heterocycles. The molecule has 1 aromatic heterocycles. The number of ether oxygens (including phenoxy) is 1. The van der Waals surface area contributed by atoms with E-state index in [4.69, 9.17) is 4.74 Å². The van der Waals surface area contributed by atoms with E-state index in [-0.39, 0.29) is 0 Å². The van der Waals surface area contributed by atoms with E-state index in [0.29, 0.717) is 0 Å². The van der Waals surface area contributed by atoms with E-state index in [9.17, 15) is 0 Å². The second-order valence-corrected chi connectivity index (χ2v) is 5.53. The summed E-state index contributed by atoms with van der Waals surface area (Å²) in [4.78, 5) is 5.27. The molecule has 0 bridgehead atoms. The summed E-state index contributed by atoms with van der Waals surface area (Å²) in [6, 6.07) is 2.33. The average Bonchev–Trinajstić information content (AvgIpc) is 2.65. The van der Waals surface area contributed by atoms with Gasteiger partial charge in [-0.05, 0) is 32.1 Å². The molecule has 1 heterocycles. The van der Waals surface area contributed by atoms with Crippen LogP contribution in [0.5, 0.6) is 0 Å². The van der Waals surface area contributed by atoms with Crippen LogP contribution in [-0.4, -0.2) is 38.8 Å². The van der Waals surface area contributed by atoms with Gasteiger partial charge in [-0.25, -0.2) is 0 Å². The fraction of sp³-hybridized carbons (Fsp3) is 0.692. The molecule has 0 spiro atoms. The Morgan fingerprint density at radius 2 is 2.24 bits per heavy atom. The third-order valence-electron chi connectivity index (χ3n) is 2.88. The predicted octanol–water partition coefficient (Wildman–Crippen LogP) is 2.24. The van der Waals surface area contributed by atoms with Crippen molar-refractivity contribution in [2.45, 2.75) is 26.9 Å². The highest BCUT2D eigenvalue weighted by Gasteiger charge is 2.09. The van der Waals surface area contributed by atoms with Crippen LogP contribution in [-0.2, 0) is 17.8 Å². The van der Waals surface area contributed by atoms with Gasteiger partial charge in [0, 0.05) is 36.5 Å². The van der Waals surface area contributed by atoms with Crippen LogP contribution in [0.15, 0.2) is 6.07 Å². The fourth-order valence-electron chi connectivity index (χ4n) is 1.82.